The van der Waals surface area contributed by atoms with E-state index in [-0.39, 0.29) is 18.8 Å². The molecule has 0 aliphatic heterocycles. The minimum Gasteiger partial charge on any atom is -0.486 e. The smallest absolute Gasteiger partial charge is 0.391 e. The van der Waals surface area contributed by atoms with Gasteiger partial charge in [-0.05, 0) is 25.8 Å². The molecule has 1 aliphatic rings. The lowest BCUT2D eigenvalue weighted by Crippen LogP contribution is -2.23. The van der Waals surface area contributed by atoms with Crippen molar-refractivity contribution in [2.45, 2.75) is 31.9 Å². The Bertz CT molecular complexity index is 672. The zero-order valence-electron chi connectivity index (χ0n) is 14.1. The Kier molecular flexibility index (Phi) is 6.26. The molecular formula is C18H19F5O3. The second kappa shape index (κ2) is 8.05. The summed E-state index contributed by atoms with van der Waals surface area (Å²) in [6.07, 6.45) is -4.10. The van der Waals surface area contributed by atoms with Gasteiger partial charge in [0.05, 0.1) is 18.4 Å². The number of rotatable bonds is 6. The van der Waals surface area contributed by atoms with E-state index in [0.29, 0.717) is 0 Å². The first kappa shape index (κ1) is 20.2. The number of carbonyl (C=O) groups excluding carboxylic acids is 1. The molecule has 0 aromatic heterocycles. The van der Waals surface area contributed by atoms with E-state index in [0.717, 1.165) is 12.1 Å². The Morgan fingerprint density at radius 3 is 2.58 bits per heavy atom. The normalized spacial score (nSPS) is 22.9. The van der Waals surface area contributed by atoms with Crippen LogP contribution in [0.5, 0.6) is 5.75 Å². The SMILES string of the molecule is C=CCOc1c(C2CC(C(F)(F)F)CC2C(=O)OCC)ccc(F)c1F. The highest BCUT2D eigenvalue weighted by Gasteiger charge is 2.52. The number of hydrogen-bond donors (Lipinski definition) is 0. The van der Waals surface area contributed by atoms with Gasteiger partial charge in [-0.15, -0.1) is 0 Å². The van der Waals surface area contributed by atoms with Crippen LogP contribution in [0.2, 0.25) is 0 Å². The number of alkyl halides is 3. The lowest BCUT2D eigenvalue weighted by molar-refractivity contribution is -0.174. The molecule has 8 heteroatoms. The number of ether oxygens (including phenoxy) is 2. The molecular weight excluding hydrogens is 359 g/mol. The second-order valence-electron chi connectivity index (χ2n) is 6.05. The molecule has 0 bridgehead atoms. The lowest BCUT2D eigenvalue weighted by Gasteiger charge is -2.21. The largest absolute Gasteiger partial charge is 0.486 e. The van der Waals surface area contributed by atoms with E-state index in [1.54, 1.807) is 6.92 Å². The molecule has 2 rings (SSSR count). The van der Waals surface area contributed by atoms with E-state index in [4.69, 9.17) is 9.47 Å². The minimum absolute atomic E-state index is 0.0103. The zero-order chi connectivity index (χ0) is 19.5. The van der Waals surface area contributed by atoms with Gasteiger partial charge in [-0.1, -0.05) is 18.7 Å². The van der Waals surface area contributed by atoms with Crippen LogP contribution in [0.25, 0.3) is 0 Å². The molecule has 144 valence electrons. The standard InChI is InChI=1S/C18H19F5O3/c1-3-7-26-16-11(5-6-14(19)15(16)20)12-8-10(18(21,22)23)9-13(12)17(24)25-4-2/h3,5-6,10,12-13H,1,4,7-9H2,2H3. The van der Waals surface area contributed by atoms with Gasteiger partial charge in [0, 0.05) is 11.5 Å². The average molecular weight is 378 g/mol. The summed E-state index contributed by atoms with van der Waals surface area (Å²) in [6, 6.07) is 1.97. The van der Waals surface area contributed by atoms with Crippen molar-refractivity contribution in [1.82, 2.24) is 0 Å². The molecule has 3 atom stereocenters. The van der Waals surface area contributed by atoms with Crippen molar-refractivity contribution in [3.63, 3.8) is 0 Å². The molecule has 3 unspecified atom stereocenters. The van der Waals surface area contributed by atoms with Crippen molar-refractivity contribution in [2.24, 2.45) is 11.8 Å². The summed E-state index contributed by atoms with van der Waals surface area (Å²) in [5, 5.41) is 0. The summed E-state index contributed by atoms with van der Waals surface area (Å²) >= 11 is 0. The zero-order valence-corrected chi connectivity index (χ0v) is 14.1. The fourth-order valence-electron chi connectivity index (χ4n) is 3.29. The number of esters is 1. The van der Waals surface area contributed by atoms with Gasteiger partial charge in [-0.25, -0.2) is 4.39 Å². The first-order valence-corrected chi connectivity index (χ1v) is 8.15. The Morgan fingerprint density at radius 1 is 1.31 bits per heavy atom. The molecule has 0 amide bonds. The molecule has 0 radical (unpaired) electrons. The topological polar surface area (TPSA) is 35.5 Å². The van der Waals surface area contributed by atoms with Crippen molar-refractivity contribution in [3.05, 3.63) is 42.0 Å². The third-order valence-electron chi connectivity index (χ3n) is 4.44. The predicted molar refractivity (Wildman–Crippen MR) is 83.7 cm³/mol. The summed E-state index contributed by atoms with van der Waals surface area (Å²) in [4.78, 5) is 12.2. The van der Waals surface area contributed by atoms with Crippen molar-refractivity contribution in [1.29, 1.82) is 0 Å². The Hall–Kier alpha value is -2.12. The molecule has 1 aromatic rings. The maximum Gasteiger partial charge on any atom is 0.391 e. The second-order valence-corrected chi connectivity index (χ2v) is 6.05. The monoisotopic (exact) mass is 378 g/mol. The fourth-order valence-corrected chi connectivity index (χ4v) is 3.29. The molecule has 0 heterocycles. The maximum absolute atomic E-state index is 14.2. The summed E-state index contributed by atoms with van der Waals surface area (Å²) < 4.78 is 77.3. The molecule has 1 aliphatic carbocycles. The Labute approximate surface area is 147 Å². The van der Waals surface area contributed by atoms with E-state index in [1.807, 2.05) is 0 Å². The van der Waals surface area contributed by atoms with Crippen LogP contribution < -0.4 is 4.74 Å². The van der Waals surface area contributed by atoms with Gasteiger partial charge in [0.2, 0.25) is 5.82 Å². The molecule has 0 N–H and O–H groups in total. The van der Waals surface area contributed by atoms with Crippen molar-refractivity contribution in [3.8, 4) is 5.75 Å². The van der Waals surface area contributed by atoms with Crippen LogP contribution >= 0.6 is 0 Å². The first-order chi connectivity index (χ1) is 12.2. The number of benzene rings is 1. The number of carbonyl (C=O) groups is 1. The van der Waals surface area contributed by atoms with Crippen molar-refractivity contribution in [2.75, 3.05) is 13.2 Å². The van der Waals surface area contributed by atoms with E-state index in [2.05, 4.69) is 6.58 Å². The van der Waals surface area contributed by atoms with Gasteiger partial charge in [0.1, 0.15) is 6.61 Å². The average Bonchev–Trinajstić information content (AvgIpc) is 3.02. The van der Waals surface area contributed by atoms with Gasteiger partial charge in [-0.3, -0.25) is 4.79 Å². The lowest BCUT2D eigenvalue weighted by atomic mass is 9.88. The first-order valence-electron chi connectivity index (χ1n) is 8.15. The van der Waals surface area contributed by atoms with Gasteiger partial charge in [0.15, 0.2) is 11.6 Å². The minimum atomic E-state index is -4.50. The van der Waals surface area contributed by atoms with E-state index in [9.17, 15) is 26.7 Å². The van der Waals surface area contributed by atoms with Crippen LogP contribution in [-0.4, -0.2) is 25.4 Å². The van der Waals surface area contributed by atoms with Gasteiger partial charge in [-0.2, -0.15) is 17.6 Å². The summed E-state index contributed by atoms with van der Waals surface area (Å²) in [6.45, 7) is 4.79. The van der Waals surface area contributed by atoms with Crippen LogP contribution in [0.4, 0.5) is 22.0 Å². The van der Waals surface area contributed by atoms with Crippen LogP contribution in [0.15, 0.2) is 24.8 Å². The fraction of sp³-hybridized carbons (Fsp3) is 0.500. The highest BCUT2D eigenvalue weighted by atomic mass is 19.4. The summed E-state index contributed by atoms with van der Waals surface area (Å²) in [5.74, 6) is -7.61. The summed E-state index contributed by atoms with van der Waals surface area (Å²) in [7, 11) is 0. The maximum atomic E-state index is 14.2. The van der Waals surface area contributed by atoms with Crippen molar-refractivity contribution >= 4 is 5.97 Å². The van der Waals surface area contributed by atoms with E-state index < -0.39 is 60.1 Å². The third kappa shape index (κ3) is 4.16. The quantitative estimate of drug-likeness (QED) is 0.407. The van der Waals surface area contributed by atoms with Gasteiger partial charge < -0.3 is 9.47 Å². The van der Waals surface area contributed by atoms with Gasteiger partial charge in [0.25, 0.3) is 0 Å². The van der Waals surface area contributed by atoms with Crippen LogP contribution in [-0.2, 0) is 9.53 Å². The molecule has 1 aromatic carbocycles. The van der Waals surface area contributed by atoms with Crippen LogP contribution in [0.1, 0.15) is 31.2 Å². The van der Waals surface area contributed by atoms with Crippen molar-refractivity contribution < 1.29 is 36.2 Å². The number of halogens is 5. The highest BCUT2D eigenvalue weighted by Crippen LogP contribution is 2.51. The summed E-state index contributed by atoms with van der Waals surface area (Å²) in [5.41, 5.74) is 0.0237. The molecule has 0 saturated heterocycles. The van der Waals surface area contributed by atoms with Crippen LogP contribution in [0, 0.1) is 23.5 Å². The predicted octanol–water partition coefficient (Wildman–Crippen LogP) is 4.76. The Balaban J connectivity index is 2.46. The van der Waals surface area contributed by atoms with Crippen LogP contribution in [0.3, 0.4) is 0 Å². The molecule has 1 saturated carbocycles. The van der Waals surface area contributed by atoms with Gasteiger partial charge >= 0.3 is 12.1 Å². The number of hydrogen-bond acceptors (Lipinski definition) is 3. The molecule has 0 spiro atoms. The molecule has 3 nitrogen and oxygen atoms in total. The van der Waals surface area contributed by atoms with E-state index in [1.165, 1.54) is 6.08 Å². The third-order valence-corrected chi connectivity index (χ3v) is 4.44. The highest BCUT2D eigenvalue weighted by molar-refractivity contribution is 5.74. The molecule has 1 fully saturated rings. The van der Waals surface area contributed by atoms with E-state index >= 15 is 0 Å². The Morgan fingerprint density at radius 2 is 2.00 bits per heavy atom. The molecule has 26 heavy (non-hydrogen) atoms.